The van der Waals surface area contributed by atoms with Gasteiger partial charge in [0.25, 0.3) is 0 Å². The SMILES string of the molecule is CCC(N)Cc1cc(F)ccc1N1CCN(C2CC2)CC1. The van der Waals surface area contributed by atoms with Crippen LogP contribution in [0.3, 0.4) is 0 Å². The van der Waals surface area contributed by atoms with Crippen molar-refractivity contribution in [2.45, 2.75) is 44.7 Å². The van der Waals surface area contributed by atoms with E-state index < -0.39 is 0 Å². The molecule has 2 N–H and O–H groups in total. The first kappa shape index (κ1) is 14.8. The van der Waals surface area contributed by atoms with Crippen molar-refractivity contribution in [3.05, 3.63) is 29.6 Å². The van der Waals surface area contributed by atoms with E-state index in [0.29, 0.717) is 0 Å². The summed E-state index contributed by atoms with van der Waals surface area (Å²) in [6, 6.07) is 6.12. The summed E-state index contributed by atoms with van der Waals surface area (Å²) in [5, 5.41) is 0. The van der Waals surface area contributed by atoms with E-state index in [9.17, 15) is 4.39 Å². The summed E-state index contributed by atoms with van der Waals surface area (Å²) in [4.78, 5) is 4.99. The van der Waals surface area contributed by atoms with Gasteiger partial charge in [-0.25, -0.2) is 4.39 Å². The zero-order chi connectivity index (χ0) is 14.8. The first-order valence-corrected chi connectivity index (χ1v) is 8.20. The third-order valence-corrected chi connectivity index (χ3v) is 4.77. The first-order chi connectivity index (χ1) is 10.2. The van der Waals surface area contributed by atoms with E-state index in [2.05, 4.69) is 16.7 Å². The van der Waals surface area contributed by atoms with Crippen molar-refractivity contribution in [2.24, 2.45) is 5.73 Å². The summed E-state index contributed by atoms with van der Waals surface area (Å²) >= 11 is 0. The van der Waals surface area contributed by atoms with Crippen LogP contribution in [0, 0.1) is 5.82 Å². The molecule has 0 aromatic heterocycles. The molecule has 1 unspecified atom stereocenters. The van der Waals surface area contributed by atoms with Gasteiger partial charge < -0.3 is 10.6 Å². The molecule has 0 radical (unpaired) electrons. The number of anilines is 1. The Labute approximate surface area is 126 Å². The highest BCUT2D eigenvalue weighted by Crippen LogP contribution is 2.30. The number of halogens is 1. The molecule has 1 saturated carbocycles. The normalized spacial score (nSPS) is 21.6. The second kappa shape index (κ2) is 6.32. The van der Waals surface area contributed by atoms with Gasteiger partial charge in [0.1, 0.15) is 5.82 Å². The third-order valence-electron chi connectivity index (χ3n) is 4.77. The van der Waals surface area contributed by atoms with Crippen LogP contribution in [0.2, 0.25) is 0 Å². The quantitative estimate of drug-likeness (QED) is 0.904. The summed E-state index contributed by atoms with van der Waals surface area (Å²) in [7, 11) is 0. The van der Waals surface area contributed by atoms with E-state index in [1.165, 1.54) is 18.5 Å². The van der Waals surface area contributed by atoms with E-state index in [-0.39, 0.29) is 11.9 Å². The Kier molecular flexibility index (Phi) is 4.45. The Balaban J connectivity index is 1.71. The molecule has 1 aromatic rings. The fourth-order valence-corrected chi connectivity index (χ4v) is 3.22. The molecule has 3 rings (SSSR count). The average Bonchev–Trinajstić information content (AvgIpc) is 3.32. The molecule has 21 heavy (non-hydrogen) atoms. The number of nitrogens with zero attached hydrogens (tertiary/aromatic N) is 2. The van der Waals surface area contributed by atoms with Gasteiger partial charge in [-0.1, -0.05) is 6.92 Å². The van der Waals surface area contributed by atoms with Crippen molar-refractivity contribution in [3.63, 3.8) is 0 Å². The molecule has 1 heterocycles. The monoisotopic (exact) mass is 291 g/mol. The van der Waals surface area contributed by atoms with Crippen molar-refractivity contribution >= 4 is 5.69 Å². The van der Waals surface area contributed by atoms with Crippen LogP contribution in [0.1, 0.15) is 31.7 Å². The minimum Gasteiger partial charge on any atom is -0.369 e. The maximum atomic E-state index is 13.6. The van der Waals surface area contributed by atoms with Crippen LogP contribution in [-0.4, -0.2) is 43.2 Å². The molecule has 0 amide bonds. The van der Waals surface area contributed by atoms with Crippen LogP contribution in [0.15, 0.2) is 18.2 Å². The number of rotatable bonds is 5. The Morgan fingerprint density at radius 1 is 1.24 bits per heavy atom. The van der Waals surface area contributed by atoms with Crippen LogP contribution >= 0.6 is 0 Å². The van der Waals surface area contributed by atoms with Crippen LogP contribution in [0.25, 0.3) is 0 Å². The van der Waals surface area contributed by atoms with Crippen LogP contribution in [0.5, 0.6) is 0 Å². The van der Waals surface area contributed by atoms with E-state index >= 15 is 0 Å². The van der Waals surface area contributed by atoms with Gasteiger partial charge >= 0.3 is 0 Å². The largest absolute Gasteiger partial charge is 0.369 e. The molecular weight excluding hydrogens is 265 g/mol. The minimum absolute atomic E-state index is 0.110. The van der Waals surface area contributed by atoms with E-state index in [4.69, 9.17) is 5.73 Å². The van der Waals surface area contributed by atoms with Crippen LogP contribution < -0.4 is 10.6 Å². The summed E-state index contributed by atoms with van der Waals surface area (Å²) in [5.74, 6) is -0.159. The Hall–Kier alpha value is -1.13. The van der Waals surface area contributed by atoms with Gasteiger partial charge in [0.05, 0.1) is 0 Å². The lowest BCUT2D eigenvalue weighted by Gasteiger charge is -2.37. The number of benzene rings is 1. The van der Waals surface area contributed by atoms with Crippen molar-refractivity contribution in [2.75, 3.05) is 31.1 Å². The summed E-state index contributed by atoms with van der Waals surface area (Å²) in [5.41, 5.74) is 8.31. The summed E-state index contributed by atoms with van der Waals surface area (Å²) < 4.78 is 13.6. The second-order valence-electron chi connectivity index (χ2n) is 6.40. The zero-order valence-electron chi connectivity index (χ0n) is 12.9. The Morgan fingerprint density at radius 3 is 2.57 bits per heavy atom. The smallest absolute Gasteiger partial charge is 0.123 e. The molecule has 4 heteroatoms. The molecule has 2 fully saturated rings. The first-order valence-electron chi connectivity index (χ1n) is 8.20. The molecule has 1 aliphatic carbocycles. The van der Waals surface area contributed by atoms with Crippen LogP contribution in [0.4, 0.5) is 10.1 Å². The average molecular weight is 291 g/mol. The molecule has 1 saturated heterocycles. The number of piperazine rings is 1. The lowest BCUT2D eigenvalue weighted by molar-refractivity contribution is 0.248. The molecule has 0 bridgehead atoms. The molecule has 3 nitrogen and oxygen atoms in total. The summed E-state index contributed by atoms with van der Waals surface area (Å²) in [6.45, 7) is 6.41. The maximum Gasteiger partial charge on any atom is 0.123 e. The fourth-order valence-electron chi connectivity index (χ4n) is 3.22. The molecular formula is C17H26FN3. The Morgan fingerprint density at radius 2 is 1.95 bits per heavy atom. The van der Waals surface area contributed by atoms with Crippen LogP contribution in [-0.2, 0) is 6.42 Å². The lowest BCUT2D eigenvalue weighted by Crippen LogP contribution is -2.47. The second-order valence-corrected chi connectivity index (χ2v) is 6.40. The number of hydrogen-bond donors (Lipinski definition) is 1. The molecule has 116 valence electrons. The minimum atomic E-state index is -0.159. The Bertz CT molecular complexity index is 479. The molecule has 0 spiro atoms. The molecule has 1 atom stereocenters. The van der Waals surface area contributed by atoms with Gasteiger partial charge in [-0.05, 0) is 49.4 Å². The standard InChI is InChI=1S/C17H26FN3/c1-2-15(19)12-13-11-14(18)3-6-17(13)21-9-7-20(8-10-21)16-4-5-16/h3,6,11,15-16H,2,4-5,7-10,12,19H2,1H3. The van der Waals surface area contributed by atoms with Gasteiger partial charge in [-0.2, -0.15) is 0 Å². The molecule has 1 aromatic carbocycles. The topological polar surface area (TPSA) is 32.5 Å². The van der Waals surface area contributed by atoms with Gasteiger partial charge in [-0.3, -0.25) is 4.90 Å². The number of nitrogens with two attached hydrogens (primary N) is 1. The van der Waals surface area contributed by atoms with Crippen molar-refractivity contribution in [1.82, 2.24) is 4.90 Å². The predicted octanol–water partition coefficient (Wildman–Crippen LogP) is 2.39. The number of hydrogen-bond acceptors (Lipinski definition) is 3. The lowest BCUT2D eigenvalue weighted by atomic mass is 10.0. The molecule has 1 aliphatic heterocycles. The van der Waals surface area contributed by atoms with Gasteiger partial charge in [0.15, 0.2) is 0 Å². The van der Waals surface area contributed by atoms with Gasteiger partial charge in [-0.15, -0.1) is 0 Å². The van der Waals surface area contributed by atoms with Gasteiger partial charge in [0.2, 0.25) is 0 Å². The highest BCUT2D eigenvalue weighted by atomic mass is 19.1. The maximum absolute atomic E-state index is 13.6. The highest BCUT2D eigenvalue weighted by molar-refractivity contribution is 5.54. The highest BCUT2D eigenvalue weighted by Gasteiger charge is 2.31. The van der Waals surface area contributed by atoms with E-state index in [1.54, 1.807) is 12.1 Å². The summed E-state index contributed by atoms with van der Waals surface area (Å²) in [6.07, 6.45) is 4.41. The third kappa shape index (κ3) is 3.55. The molecule has 2 aliphatic rings. The van der Waals surface area contributed by atoms with E-state index in [1.807, 2.05) is 6.07 Å². The zero-order valence-corrected chi connectivity index (χ0v) is 12.9. The van der Waals surface area contributed by atoms with E-state index in [0.717, 1.165) is 50.6 Å². The van der Waals surface area contributed by atoms with Gasteiger partial charge in [0, 0.05) is 44.0 Å². The van der Waals surface area contributed by atoms with Crippen molar-refractivity contribution in [1.29, 1.82) is 0 Å². The van der Waals surface area contributed by atoms with Crippen molar-refractivity contribution in [3.8, 4) is 0 Å². The predicted molar refractivity (Wildman–Crippen MR) is 85.2 cm³/mol. The fraction of sp³-hybridized carbons (Fsp3) is 0.647. The van der Waals surface area contributed by atoms with Crippen molar-refractivity contribution < 1.29 is 4.39 Å².